The molecule has 26 heavy (non-hydrogen) atoms. The topological polar surface area (TPSA) is 60.5 Å². The van der Waals surface area contributed by atoms with E-state index in [4.69, 9.17) is 9.47 Å². The van der Waals surface area contributed by atoms with Gasteiger partial charge in [-0.2, -0.15) is 13.2 Å². The van der Waals surface area contributed by atoms with Crippen molar-refractivity contribution in [3.05, 3.63) is 53.7 Å². The highest BCUT2D eigenvalue weighted by atomic mass is 19.4. The average molecular weight is 368 g/mol. The van der Waals surface area contributed by atoms with E-state index in [2.05, 4.69) is 10.3 Å². The van der Waals surface area contributed by atoms with Gasteiger partial charge in [-0.1, -0.05) is 12.1 Å². The molecule has 0 saturated heterocycles. The number of ether oxygens (including phenoxy) is 2. The lowest BCUT2D eigenvalue weighted by molar-refractivity contribution is -0.143. The second-order valence-corrected chi connectivity index (χ2v) is 5.36. The summed E-state index contributed by atoms with van der Waals surface area (Å²) in [6.45, 7) is 3.20. The number of nitrogens with zero attached hydrogens (tertiary/aromatic N) is 1. The summed E-state index contributed by atoms with van der Waals surface area (Å²) in [7, 11) is 0. The van der Waals surface area contributed by atoms with Crippen molar-refractivity contribution < 1.29 is 27.4 Å². The standard InChI is InChI=1S/C18H19F3N2O3/c1-2-25-17(24)9-10-22-11-13-3-6-15(7-4-13)26-16-8-5-14(12-23-16)18(19,20)21/h3-8,12,22H,2,9-11H2,1H3. The number of esters is 1. The van der Waals surface area contributed by atoms with Gasteiger partial charge in [0.25, 0.3) is 0 Å². The van der Waals surface area contributed by atoms with Crippen LogP contribution in [-0.2, 0) is 22.3 Å². The first-order valence-corrected chi connectivity index (χ1v) is 8.05. The number of pyridine rings is 1. The van der Waals surface area contributed by atoms with Crippen molar-refractivity contribution in [3.8, 4) is 11.6 Å². The molecule has 1 aromatic carbocycles. The maximum absolute atomic E-state index is 12.5. The number of hydrogen-bond donors (Lipinski definition) is 1. The van der Waals surface area contributed by atoms with Crippen molar-refractivity contribution in [2.24, 2.45) is 0 Å². The van der Waals surface area contributed by atoms with E-state index in [9.17, 15) is 18.0 Å². The van der Waals surface area contributed by atoms with Crippen LogP contribution in [0.15, 0.2) is 42.6 Å². The Kier molecular flexibility index (Phi) is 6.97. The number of aromatic nitrogens is 1. The van der Waals surface area contributed by atoms with Crippen LogP contribution >= 0.6 is 0 Å². The van der Waals surface area contributed by atoms with E-state index in [1.165, 1.54) is 6.07 Å². The van der Waals surface area contributed by atoms with Crippen LogP contribution in [0, 0.1) is 0 Å². The summed E-state index contributed by atoms with van der Waals surface area (Å²) < 4.78 is 47.7. The number of carbonyl (C=O) groups is 1. The van der Waals surface area contributed by atoms with E-state index in [-0.39, 0.29) is 11.8 Å². The highest BCUT2D eigenvalue weighted by Crippen LogP contribution is 2.30. The summed E-state index contributed by atoms with van der Waals surface area (Å²) in [5, 5.41) is 3.12. The van der Waals surface area contributed by atoms with E-state index in [1.807, 2.05) is 12.1 Å². The summed E-state index contributed by atoms with van der Waals surface area (Å²) in [6.07, 6.45) is -3.39. The second kappa shape index (κ2) is 9.19. The molecule has 0 amide bonds. The molecule has 0 aliphatic carbocycles. The van der Waals surface area contributed by atoms with Crippen LogP contribution in [-0.4, -0.2) is 24.1 Å². The van der Waals surface area contributed by atoms with Gasteiger partial charge in [0.15, 0.2) is 0 Å². The summed E-state index contributed by atoms with van der Waals surface area (Å²) in [5.41, 5.74) is 0.149. The lowest BCUT2D eigenvalue weighted by Crippen LogP contribution is -2.18. The molecule has 2 aromatic rings. The van der Waals surface area contributed by atoms with Crippen LogP contribution in [0.2, 0.25) is 0 Å². The molecule has 0 aliphatic rings. The summed E-state index contributed by atoms with van der Waals surface area (Å²) in [6, 6.07) is 9.12. The van der Waals surface area contributed by atoms with Crippen LogP contribution < -0.4 is 10.1 Å². The molecule has 1 aromatic heterocycles. The fourth-order valence-corrected chi connectivity index (χ4v) is 2.06. The van der Waals surface area contributed by atoms with E-state index in [0.29, 0.717) is 31.9 Å². The summed E-state index contributed by atoms with van der Waals surface area (Å²) in [5.74, 6) is 0.304. The second-order valence-electron chi connectivity index (χ2n) is 5.36. The minimum Gasteiger partial charge on any atom is -0.466 e. The first-order chi connectivity index (χ1) is 12.4. The first-order valence-electron chi connectivity index (χ1n) is 8.05. The molecule has 0 bridgehead atoms. The third-order valence-electron chi connectivity index (χ3n) is 3.35. The van der Waals surface area contributed by atoms with E-state index in [0.717, 1.165) is 17.8 Å². The van der Waals surface area contributed by atoms with Gasteiger partial charge < -0.3 is 14.8 Å². The Labute approximate surface area is 149 Å². The van der Waals surface area contributed by atoms with Gasteiger partial charge in [-0.25, -0.2) is 4.98 Å². The molecule has 5 nitrogen and oxygen atoms in total. The minimum atomic E-state index is -4.42. The summed E-state index contributed by atoms with van der Waals surface area (Å²) in [4.78, 5) is 14.9. The molecule has 1 heterocycles. The molecule has 0 aliphatic heterocycles. The molecule has 0 unspecified atom stereocenters. The van der Waals surface area contributed by atoms with Gasteiger partial charge in [0.2, 0.25) is 5.88 Å². The lowest BCUT2D eigenvalue weighted by Gasteiger charge is -2.09. The van der Waals surface area contributed by atoms with Gasteiger partial charge >= 0.3 is 12.1 Å². The Hall–Kier alpha value is -2.61. The molecule has 0 saturated carbocycles. The molecule has 2 rings (SSSR count). The molecule has 1 N–H and O–H groups in total. The number of alkyl halides is 3. The molecule has 0 fully saturated rings. The minimum absolute atomic E-state index is 0.0818. The Morgan fingerprint density at radius 1 is 1.15 bits per heavy atom. The van der Waals surface area contributed by atoms with Crippen molar-refractivity contribution >= 4 is 5.97 Å². The highest BCUT2D eigenvalue weighted by Gasteiger charge is 2.30. The zero-order chi connectivity index (χ0) is 19.0. The highest BCUT2D eigenvalue weighted by molar-refractivity contribution is 5.69. The molecule has 0 atom stereocenters. The van der Waals surface area contributed by atoms with Crippen molar-refractivity contribution in [1.82, 2.24) is 10.3 Å². The van der Waals surface area contributed by atoms with Gasteiger partial charge in [-0.3, -0.25) is 4.79 Å². The quantitative estimate of drug-likeness (QED) is 0.565. The molecule has 0 spiro atoms. The summed E-state index contributed by atoms with van der Waals surface area (Å²) >= 11 is 0. The van der Waals surface area contributed by atoms with Gasteiger partial charge in [0, 0.05) is 25.4 Å². The third-order valence-corrected chi connectivity index (χ3v) is 3.35. The van der Waals surface area contributed by atoms with E-state index in [1.54, 1.807) is 19.1 Å². The third kappa shape index (κ3) is 6.36. The van der Waals surface area contributed by atoms with Crippen LogP contribution in [0.3, 0.4) is 0 Å². The maximum Gasteiger partial charge on any atom is 0.417 e. The van der Waals surface area contributed by atoms with Crippen LogP contribution in [0.1, 0.15) is 24.5 Å². The van der Waals surface area contributed by atoms with Crippen molar-refractivity contribution in [3.63, 3.8) is 0 Å². The van der Waals surface area contributed by atoms with Crippen molar-refractivity contribution in [1.29, 1.82) is 0 Å². The number of halogens is 3. The predicted octanol–water partition coefficient (Wildman–Crippen LogP) is 3.94. The Morgan fingerprint density at radius 2 is 1.88 bits per heavy atom. The van der Waals surface area contributed by atoms with Crippen LogP contribution in [0.25, 0.3) is 0 Å². The fraction of sp³-hybridized carbons (Fsp3) is 0.333. The molecule has 8 heteroatoms. The Balaban J connectivity index is 1.81. The average Bonchev–Trinajstić information content (AvgIpc) is 2.60. The zero-order valence-corrected chi connectivity index (χ0v) is 14.2. The molecular weight excluding hydrogens is 349 g/mol. The molecular formula is C18H19F3N2O3. The van der Waals surface area contributed by atoms with Crippen molar-refractivity contribution in [2.45, 2.75) is 26.1 Å². The number of hydrogen-bond acceptors (Lipinski definition) is 5. The number of nitrogens with one attached hydrogen (secondary N) is 1. The predicted molar refractivity (Wildman–Crippen MR) is 88.7 cm³/mol. The largest absolute Gasteiger partial charge is 0.466 e. The van der Waals surface area contributed by atoms with Crippen LogP contribution in [0.4, 0.5) is 13.2 Å². The smallest absolute Gasteiger partial charge is 0.417 e. The lowest BCUT2D eigenvalue weighted by atomic mass is 10.2. The van der Waals surface area contributed by atoms with Crippen LogP contribution in [0.5, 0.6) is 11.6 Å². The first kappa shape index (κ1) is 19.7. The zero-order valence-electron chi connectivity index (χ0n) is 14.2. The monoisotopic (exact) mass is 368 g/mol. The number of benzene rings is 1. The number of carbonyl (C=O) groups excluding carboxylic acids is 1. The van der Waals surface area contributed by atoms with Gasteiger partial charge in [0.05, 0.1) is 18.6 Å². The Morgan fingerprint density at radius 3 is 2.46 bits per heavy atom. The van der Waals surface area contributed by atoms with Crippen molar-refractivity contribution in [2.75, 3.05) is 13.2 Å². The maximum atomic E-state index is 12.5. The normalized spacial score (nSPS) is 11.2. The number of rotatable bonds is 8. The Bertz CT molecular complexity index is 701. The van der Waals surface area contributed by atoms with Gasteiger partial charge in [0.1, 0.15) is 5.75 Å². The molecule has 140 valence electrons. The molecule has 0 radical (unpaired) electrons. The van der Waals surface area contributed by atoms with Gasteiger partial charge in [-0.15, -0.1) is 0 Å². The van der Waals surface area contributed by atoms with Gasteiger partial charge in [-0.05, 0) is 30.7 Å². The SMILES string of the molecule is CCOC(=O)CCNCc1ccc(Oc2ccc(C(F)(F)F)cn2)cc1. The fourth-order valence-electron chi connectivity index (χ4n) is 2.06. The van der Waals surface area contributed by atoms with E-state index >= 15 is 0 Å². The van der Waals surface area contributed by atoms with E-state index < -0.39 is 11.7 Å².